The van der Waals surface area contributed by atoms with Gasteiger partial charge in [-0.3, -0.25) is 0 Å². The fourth-order valence-electron chi connectivity index (χ4n) is 2.11. The van der Waals surface area contributed by atoms with Crippen LogP contribution >= 0.6 is 0 Å². The van der Waals surface area contributed by atoms with Gasteiger partial charge in [0.1, 0.15) is 11.5 Å². The molecule has 15 heavy (non-hydrogen) atoms. The van der Waals surface area contributed by atoms with Crippen molar-refractivity contribution in [3.8, 4) is 11.5 Å². The van der Waals surface area contributed by atoms with Crippen LogP contribution in [0.5, 0.6) is 11.5 Å². The van der Waals surface area contributed by atoms with Gasteiger partial charge in [0.15, 0.2) is 0 Å². The molecule has 1 heterocycles. The van der Waals surface area contributed by atoms with Gasteiger partial charge in [-0.1, -0.05) is 13.0 Å². The molecule has 0 bridgehead atoms. The molecule has 3 heteroatoms. The van der Waals surface area contributed by atoms with Gasteiger partial charge >= 0.3 is 0 Å². The minimum Gasteiger partial charge on any atom is -0.496 e. The molecule has 1 aliphatic heterocycles. The van der Waals surface area contributed by atoms with Crippen LogP contribution in [0.3, 0.4) is 0 Å². The van der Waals surface area contributed by atoms with Gasteiger partial charge in [-0.25, -0.2) is 0 Å². The highest BCUT2D eigenvalue weighted by Gasteiger charge is 2.34. The predicted octanol–water partition coefficient (Wildman–Crippen LogP) is 1.69. The molecule has 0 aromatic heterocycles. The summed E-state index contributed by atoms with van der Waals surface area (Å²) in [5, 5.41) is 0. The molecule has 0 aliphatic carbocycles. The van der Waals surface area contributed by atoms with Gasteiger partial charge < -0.3 is 15.2 Å². The molecule has 0 saturated heterocycles. The van der Waals surface area contributed by atoms with E-state index in [2.05, 4.69) is 6.92 Å². The Morgan fingerprint density at radius 1 is 1.53 bits per heavy atom. The van der Waals surface area contributed by atoms with E-state index >= 15 is 0 Å². The topological polar surface area (TPSA) is 44.5 Å². The lowest BCUT2D eigenvalue weighted by molar-refractivity contribution is 0.221. The first kappa shape index (κ1) is 10.3. The van der Waals surface area contributed by atoms with Crippen molar-refractivity contribution in [2.45, 2.75) is 18.8 Å². The summed E-state index contributed by atoms with van der Waals surface area (Å²) in [5.41, 5.74) is 6.95. The number of benzene rings is 1. The Labute approximate surface area is 90.2 Å². The first-order chi connectivity index (χ1) is 7.21. The van der Waals surface area contributed by atoms with Crippen LogP contribution in [0.25, 0.3) is 0 Å². The van der Waals surface area contributed by atoms with Gasteiger partial charge in [-0.15, -0.1) is 0 Å². The highest BCUT2D eigenvalue weighted by molar-refractivity contribution is 5.51. The fourth-order valence-corrected chi connectivity index (χ4v) is 2.11. The Balaban J connectivity index is 2.57. The molecular formula is C12H17NO2. The Morgan fingerprint density at radius 2 is 2.33 bits per heavy atom. The van der Waals surface area contributed by atoms with Gasteiger partial charge in [-0.05, 0) is 18.6 Å². The Morgan fingerprint density at radius 3 is 3.00 bits per heavy atom. The third kappa shape index (κ3) is 1.57. The zero-order valence-electron chi connectivity index (χ0n) is 9.25. The van der Waals surface area contributed by atoms with Crippen molar-refractivity contribution in [2.75, 3.05) is 20.3 Å². The molecule has 0 spiro atoms. The van der Waals surface area contributed by atoms with Crippen LogP contribution < -0.4 is 15.2 Å². The lowest BCUT2D eigenvalue weighted by Gasteiger charge is -2.35. The summed E-state index contributed by atoms with van der Waals surface area (Å²) < 4.78 is 11.0. The second-order valence-corrected chi connectivity index (χ2v) is 4.20. The molecule has 1 aliphatic rings. The quantitative estimate of drug-likeness (QED) is 0.802. The molecule has 2 rings (SSSR count). The highest BCUT2D eigenvalue weighted by atomic mass is 16.5. The summed E-state index contributed by atoms with van der Waals surface area (Å²) in [5.74, 6) is 1.79. The molecule has 1 atom stereocenters. The highest BCUT2D eigenvalue weighted by Crippen LogP contribution is 2.43. The molecule has 3 nitrogen and oxygen atoms in total. The van der Waals surface area contributed by atoms with Gasteiger partial charge in [0.05, 0.1) is 13.7 Å². The van der Waals surface area contributed by atoms with E-state index < -0.39 is 0 Å². The molecule has 1 aromatic carbocycles. The van der Waals surface area contributed by atoms with Crippen molar-refractivity contribution in [1.29, 1.82) is 0 Å². The number of fused-ring (bicyclic) bond motifs is 1. The maximum Gasteiger partial charge on any atom is 0.126 e. The minimum atomic E-state index is -0.0276. The first-order valence-electron chi connectivity index (χ1n) is 5.21. The van der Waals surface area contributed by atoms with E-state index in [-0.39, 0.29) is 5.41 Å². The number of hydrogen-bond acceptors (Lipinski definition) is 3. The summed E-state index contributed by atoms with van der Waals surface area (Å²) in [7, 11) is 1.68. The zero-order chi connectivity index (χ0) is 10.9. The summed E-state index contributed by atoms with van der Waals surface area (Å²) in [4.78, 5) is 0. The Bertz CT molecular complexity index is 350. The van der Waals surface area contributed by atoms with Crippen molar-refractivity contribution < 1.29 is 9.47 Å². The van der Waals surface area contributed by atoms with Gasteiger partial charge in [-0.2, -0.15) is 0 Å². The normalized spacial score (nSPS) is 24.2. The predicted molar refractivity (Wildman–Crippen MR) is 59.5 cm³/mol. The second-order valence-electron chi connectivity index (χ2n) is 4.20. The third-order valence-electron chi connectivity index (χ3n) is 3.17. The van der Waals surface area contributed by atoms with Crippen molar-refractivity contribution in [2.24, 2.45) is 5.73 Å². The van der Waals surface area contributed by atoms with Crippen LogP contribution in [0.1, 0.15) is 18.9 Å². The smallest absolute Gasteiger partial charge is 0.126 e. The average molecular weight is 207 g/mol. The van der Waals surface area contributed by atoms with E-state index in [9.17, 15) is 0 Å². The second kappa shape index (κ2) is 3.74. The SMILES string of the molecule is COc1cccc2c1C(C)(CN)CCO2. The molecule has 0 radical (unpaired) electrons. The molecule has 82 valence electrons. The van der Waals surface area contributed by atoms with Crippen molar-refractivity contribution in [3.63, 3.8) is 0 Å². The lowest BCUT2D eigenvalue weighted by atomic mass is 9.77. The van der Waals surface area contributed by atoms with Crippen LogP contribution in [0.15, 0.2) is 18.2 Å². The van der Waals surface area contributed by atoms with E-state index in [1.165, 1.54) is 0 Å². The summed E-state index contributed by atoms with van der Waals surface area (Å²) in [6.45, 7) is 3.51. The Kier molecular flexibility index (Phi) is 2.57. The van der Waals surface area contributed by atoms with Crippen LogP contribution in [-0.4, -0.2) is 20.3 Å². The monoisotopic (exact) mass is 207 g/mol. The molecule has 0 fully saturated rings. The number of rotatable bonds is 2. The summed E-state index contributed by atoms with van der Waals surface area (Å²) in [6.07, 6.45) is 0.941. The van der Waals surface area contributed by atoms with Crippen molar-refractivity contribution in [1.82, 2.24) is 0 Å². The molecule has 0 saturated carbocycles. The maximum absolute atomic E-state index is 5.86. The van der Waals surface area contributed by atoms with E-state index in [4.69, 9.17) is 15.2 Å². The van der Waals surface area contributed by atoms with E-state index in [1.54, 1.807) is 7.11 Å². The maximum atomic E-state index is 5.86. The molecular weight excluding hydrogens is 190 g/mol. The number of ether oxygens (including phenoxy) is 2. The van der Waals surface area contributed by atoms with Gasteiger partial charge in [0.2, 0.25) is 0 Å². The lowest BCUT2D eigenvalue weighted by Crippen LogP contribution is -2.37. The first-order valence-corrected chi connectivity index (χ1v) is 5.21. The largest absolute Gasteiger partial charge is 0.496 e. The van der Waals surface area contributed by atoms with Gasteiger partial charge in [0.25, 0.3) is 0 Å². The molecule has 0 amide bonds. The summed E-state index contributed by atoms with van der Waals surface area (Å²) >= 11 is 0. The van der Waals surface area contributed by atoms with Crippen molar-refractivity contribution in [3.05, 3.63) is 23.8 Å². The standard InChI is InChI=1S/C12H17NO2/c1-12(8-13)6-7-15-10-5-3-4-9(14-2)11(10)12/h3-5H,6-8,13H2,1-2H3. The number of methoxy groups -OCH3 is 1. The number of nitrogens with two attached hydrogens (primary N) is 1. The average Bonchev–Trinajstić information content (AvgIpc) is 2.28. The van der Waals surface area contributed by atoms with Crippen LogP contribution in [0.4, 0.5) is 0 Å². The fraction of sp³-hybridized carbons (Fsp3) is 0.500. The third-order valence-corrected chi connectivity index (χ3v) is 3.17. The molecule has 1 unspecified atom stereocenters. The Hall–Kier alpha value is -1.22. The van der Waals surface area contributed by atoms with E-state index in [1.807, 2.05) is 18.2 Å². The van der Waals surface area contributed by atoms with Crippen LogP contribution in [0, 0.1) is 0 Å². The van der Waals surface area contributed by atoms with Gasteiger partial charge in [0, 0.05) is 17.5 Å². The van der Waals surface area contributed by atoms with Crippen LogP contribution in [-0.2, 0) is 5.41 Å². The molecule has 2 N–H and O–H groups in total. The van der Waals surface area contributed by atoms with Crippen molar-refractivity contribution >= 4 is 0 Å². The summed E-state index contributed by atoms with van der Waals surface area (Å²) in [6, 6.07) is 5.88. The minimum absolute atomic E-state index is 0.0276. The van der Waals surface area contributed by atoms with E-state index in [0.717, 1.165) is 30.1 Å². The van der Waals surface area contributed by atoms with Crippen LogP contribution in [0.2, 0.25) is 0 Å². The zero-order valence-corrected chi connectivity index (χ0v) is 9.25. The molecule has 1 aromatic rings. The number of hydrogen-bond donors (Lipinski definition) is 1. The van der Waals surface area contributed by atoms with E-state index in [0.29, 0.717) is 6.54 Å².